The van der Waals surface area contributed by atoms with Crippen LogP contribution in [0, 0.1) is 0 Å². The van der Waals surface area contributed by atoms with Crippen LogP contribution < -0.4 is 10.6 Å². The highest BCUT2D eigenvalue weighted by Crippen LogP contribution is 2.18. The van der Waals surface area contributed by atoms with Gasteiger partial charge in [0.1, 0.15) is 5.76 Å². The maximum Gasteiger partial charge on any atom is 0.191 e. The van der Waals surface area contributed by atoms with E-state index in [0.717, 1.165) is 63.3 Å². The van der Waals surface area contributed by atoms with Gasteiger partial charge in [-0.25, -0.2) is 0 Å². The van der Waals surface area contributed by atoms with Crippen molar-refractivity contribution in [3.63, 3.8) is 0 Å². The summed E-state index contributed by atoms with van der Waals surface area (Å²) < 4.78 is 5.33. The van der Waals surface area contributed by atoms with Gasteiger partial charge in [-0.15, -0.1) is 0 Å². The predicted molar refractivity (Wildman–Crippen MR) is 84.4 cm³/mol. The molecule has 3 N–H and O–H groups in total. The Labute approximate surface area is 126 Å². The number of aliphatic hydroxyl groups is 1. The van der Waals surface area contributed by atoms with Crippen LogP contribution in [0.2, 0.25) is 0 Å². The molecule has 0 bridgehead atoms. The fourth-order valence-electron chi connectivity index (χ4n) is 2.55. The molecule has 0 saturated heterocycles. The van der Waals surface area contributed by atoms with Gasteiger partial charge in [-0.05, 0) is 44.2 Å². The van der Waals surface area contributed by atoms with Crippen LogP contribution in [0.25, 0.3) is 0 Å². The highest BCUT2D eigenvalue weighted by atomic mass is 16.3. The molecular formula is C16H27N3O2. The summed E-state index contributed by atoms with van der Waals surface area (Å²) in [5.41, 5.74) is 0. The molecule has 118 valence electrons. The Morgan fingerprint density at radius 1 is 1.38 bits per heavy atom. The lowest BCUT2D eigenvalue weighted by molar-refractivity contribution is 0.120. The van der Waals surface area contributed by atoms with Gasteiger partial charge in [0.05, 0.1) is 12.4 Å². The Kier molecular flexibility index (Phi) is 6.60. The van der Waals surface area contributed by atoms with Gasteiger partial charge in [-0.1, -0.05) is 6.92 Å². The first-order chi connectivity index (χ1) is 10.3. The van der Waals surface area contributed by atoms with E-state index in [0.29, 0.717) is 6.04 Å². The van der Waals surface area contributed by atoms with Crippen LogP contribution in [0.5, 0.6) is 0 Å². The van der Waals surface area contributed by atoms with Crippen LogP contribution in [0.1, 0.15) is 44.8 Å². The molecule has 1 aliphatic rings. The van der Waals surface area contributed by atoms with Crippen molar-refractivity contribution in [1.29, 1.82) is 0 Å². The van der Waals surface area contributed by atoms with Crippen LogP contribution in [-0.4, -0.2) is 36.3 Å². The second kappa shape index (κ2) is 8.72. The molecule has 0 spiro atoms. The summed E-state index contributed by atoms with van der Waals surface area (Å²) >= 11 is 0. The molecule has 1 fully saturated rings. The van der Waals surface area contributed by atoms with Crippen molar-refractivity contribution in [1.82, 2.24) is 10.6 Å². The van der Waals surface area contributed by atoms with Gasteiger partial charge in [-0.3, -0.25) is 4.99 Å². The Balaban J connectivity index is 1.77. The van der Waals surface area contributed by atoms with Gasteiger partial charge < -0.3 is 20.2 Å². The number of aliphatic imine (C=N–C) groups is 1. The van der Waals surface area contributed by atoms with E-state index in [1.54, 1.807) is 6.26 Å². The van der Waals surface area contributed by atoms with E-state index in [-0.39, 0.29) is 6.10 Å². The van der Waals surface area contributed by atoms with Gasteiger partial charge in [-0.2, -0.15) is 0 Å². The van der Waals surface area contributed by atoms with Crippen molar-refractivity contribution in [3.8, 4) is 0 Å². The van der Waals surface area contributed by atoms with Gasteiger partial charge >= 0.3 is 0 Å². The van der Waals surface area contributed by atoms with Crippen LogP contribution in [0.15, 0.2) is 27.8 Å². The summed E-state index contributed by atoms with van der Waals surface area (Å²) in [6, 6.07) is 4.31. The summed E-state index contributed by atoms with van der Waals surface area (Å²) in [5, 5.41) is 16.4. The third-order valence-electron chi connectivity index (χ3n) is 3.78. The molecule has 5 nitrogen and oxygen atoms in total. The van der Waals surface area contributed by atoms with Crippen LogP contribution in [0.4, 0.5) is 0 Å². The second-order valence-electron chi connectivity index (χ2n) is 5.64. The SMILES string of the molecule is CCCN=C(NCCc1ccco1)NC1CCC(O)CC1. The van der Waals surface area contributed by atoms with Crippen LogP contribution in [0.3, 0.4) is 0 Å². The molecule has 0 amide bonds. The number of furan rings is 1. The normalized spacial score (nSPS) is 23.0. The number of rotatable bonds is 6. The molecule has 1 heterocycles. The monoisotopic (exact) mass is 293 g/mol. The number of aliphatic hydroxyl groups excluding tert-OH is 1. The van der Waals surface area contributed by atoms with Crippen molar-refractivity contribution in [2.45, 2.75) is 57.6 Å². The summed E-state index contributed by atoms with van der Waals surface area (Å²) in [4.78, 5) is 4.58. The number of nitrogens with zero attached hydrogens (tertiary/aromatic N) is 1. The van der Waals surface area contributed by atoms with Crippen molar-refractivity contribution < 1.29 is 9.52 Å². The van der Waals surface area contributed by atoms with E-state index in [2.05, 4.69) is 22.5 Å². The molecule has 0 radical (unpaired) electrons. The fraction of sp³-hybridized carbons (Fsp3) is 0.688. The lowest BCUT2D eigenvalue weighted by Crippen LogP contribution is -2.46. The average molecular weight is 293 g/mol. The quantitative estimate of drug-likeness (QED) is 0.555. The van der Waals surface area contributed by atoms with Crippen molar-refractivity contribution in [2.75, 3.05) is 13.1 Å². The van der Waals surface area contributed by atoms with Gasteiger partial charge in [0.2, 0.25) is 0 Å². The minimum atomic E-state index is -0.119. The lowest BCUT2D eigenvalue weighted by atomic mass is 9.93. The zero-order valence-electron chi connectivity index (χ0n) is 12.8. The van der Waals surface area contributed by atoms with Crippen LogP contribution in [-0.2, 0) is 6.42 Å². The summed E-state index contributed by atoms with van der Waals surface area (Å²) in [7, 11) is 0. The van der Waals surface area contributed by atoms with E-state index in [1.165, 1.54) is 0 Å². The molecule has 0 aromatic carbocycles. The maximum absolute atomic E-state index is 9.57. The standard InChI is InChI=1S/C16H27N3O2/c1-2-10-17-16(18-11-9-15-4-3-12-21-15)19-13-5-7-14(20)8-6-13/h3-4,12-14,20H,2,5-11H2,1H3,(H2,17,18,19). The highest BCUT2D eigenvalue weighted by Gasteiger charge is 2.19. The second-order valence-corrected chi connectivity index (χ2v) is 5.64. The molecule has 1 aromatic heterocycles. The number of nitrogens with one attached hydrogen (secondary N) is 2. The van der Waals surface area contributed by atoms with E-state index >= 15 is 0 Å². The molecule has 0 atom stereocenters. The van der Waals surface area contributed by atoms with E-state index < -0.39 is 0 Å². The summed E-state index contributed by atoms with van der Waals surface area (Å²) in [5.74, 6) is 1.86. The minimum absolute atomic E-state index is 0.119. The third-order valence-corrected chi connectivity index (χ3v) is 3.78. The Morgan fingerprint density at radius 2 is 2.19 bits per heavy atom. The van der Waals surface area contributed by atoms with Gasteiger partial charge in [0.25, 0.3) is 0 Å². The topological polar surface area (TPSA) is 69.8 Å². The molecule has 1 aromatic rings. The van der Waals surface area contributed by atoms with Crippen LogP contribution >= 0.6 is 0 Å². The maximum atomic E-state index is 9.57. The molecule has 0 aliphatic heterocycles. The zero-order valence-corrected chi connectivity index (χ0v) is 12.8. The molecule has 0 unspecified atom stereocenters. The first-order valence-electron chi connectivity index (χ1n) is 8.03. The van der Waals surface area contributed by atoms with Crippen molar-refractivity contribution in [3.05, 3.63) is 24.2 Å². The van der Waals surface area contributed by atoms with E-state index in [9.17, 15) is 5.11 Å². The lowest BCUT2D eigenvalue weighted by Gasteiger charge is -2.27. The highest BCUT2D eigenvalue weighted by molar-refractivity contribution is 5.80. The molecular weight excluding hydrogens is 266 g/mol. The zero-order chi connectivity index (χ0) is 14.9. The van der Waals surface area contributed by atoms with Gasteiger partial charge in [0.15, 0.2) is 5.96 Å². The Hall–Kier alpha value is -1.49. The number of guanidine groups is 1. The van der Waals surface area contributed by atoms with Crippen molar-refractivity contribution >= 4 is 5.96 Å². The largest absolute Gasteiger partial charge is 0.469 e. The Bertz CT molecular complexity index is 409. The average Bonchev–Trinajstić information content (AvgIpc) is 3.00. The predicted octanol–water partition coefficient (Wildman–Crippen LogP) is 2.07. The molecule has 21 heavy (non-hydrogen) atoms. The smallest absolute Gasteiger partial charge is 0.191 e. The van der Waals surface area contributed by atoms with E-state index in [1.807, 2.05) is 12.1 Å². The van der Waals surface area contributed by atoms with Crippen molar-refractivity contribution in [2.24, 2.45) is 4.99 Å². The number of hydrogen-bond donors (Lipinski definition) is 3. The molecule has 5 heteroatoms. The number of hydrogen-bond acceptors (Lipinski definition) is 3. The summed E-state index contributed by atoms with van der Waals surface area (Å²) in [6.07, 6.45) is 7.24. The first kappa shape index (κ1) is 15.9. The minimum Gasteiger partial charge on any atom is -0.469 e. The van der Waals surface area contributed by atoms with Gasteiger partial charge in [0, 0.05) is 25.6 Å². The first-order valence-corrected chi connectivity index (χ1v) is 8.03. The fourth-order valence-corrected chi connectivity index (χ4v) is 2.55. The molecule has 1 aliphatic carbocycles. The third kappa shape index (κ3) is 5.79. The van der Waals surface area contributed by atoms with E-state index in [4.69, 9.17) is 4.42 Å². The molecule has 2 rings (SSSR count). The molecule has 1 saturated carbocycles. The summed E-state index contributed by atoms with van der Waals surface area (Å²) in [6.45, 7) is 3.75. The Morgan fingerprint density at radius 3 is 2.86 bits per heavy atom.